The van der Waals surface area contributed by atoms with Gasteiger partial charge in [0.2, 0.25) is 0 Å². The first-order valence-electron chi connectivity index (χ1n) is 5.24. The van der Waals surface area contributed by atoms with Crippen LogP contribution in [-0.2, 0) is 16.6 Å². The van der Waals surface area contributed by atoms with E-state index in [0.29, 0.717) is 26.4 Å². The summed E-state index contributed by atoms with van der Waals surface area (Å²) in [6.07, 6.45) is 0. The van der Waals surface area contributed by atoms with Crippen LogP contribution in [0.3, 0.4) is 0 Å². The lowest BCUT2D eigenvalue weighted by Gasteiger charge is -2.06. The van der Waals surface area contributed by atoms with E-state index in [0.717, 1.165) is 5.56 Å². The van der Waals surface area contributed by atoms with Crippen LogP contribution in [0.15, 0.2) is 47.4 Å². The van der Waals surface area contributed by atoms with E-state index < -0.39 is 10.8 Å². The van der Waals surface area contributed by atoms with E-state index in [1.165, 1.54) is 0 Å². The molecule has 0 saturated heterocycles. The summed E-state index contributed by atoms with van der Waals surface area (Å²) in [5.74, 6) is 0.389. The molecule has 2 nitrogen and oxygen atoms in total. The van der Waals surface area contributed by atoms with Crippen LogP contribution in [0.2, 0.25) is 10.0 Å². The van der Waals surface area contributed by atoms with Crippen molar-refractivity contribution in [1.29, 1.82) is 0 Å². The van der Waals surface area contributed by atoms with Crippen LogP contribution in [0.25, 0.3) is 0 Å². The second-order valence-electron chi connectivity index (χ2n) is 3.81. The van der Waals surface area contributed by atoms with E-state index in [2.05, 4.69) is 0 Å². The number of benzene rings is 2. The Labute approximate surface area is 118 Å². The van der Waals surface area contributed by atoms with E-state index in [1.807, 2.05) is 12.1 Å². The van der Waals surface area contributed by atoms with Crippen molar-refractivity contribution < 1.29 is 4.21 Å². The summed E-state index contributed by atoms with van der Waals surface area (Å²) in [4.78, 5) is 0.556. The standard InChI is InChI=1S/C13H11Cl2NOS/c14-10-3-6-12(15)13(7-10)18(17)8-9-1-4-11(16)5-2-9/h1-7H,8,16H2. The Morgan fingerprint density at radius 1 is 1.06 bits per heavy atom. The molecule has 1 atom stereocenters. The van der Waals surface area contributed by atoms with Crippen molar-refractivity contribution in [3.05, 3.63) is 58.1 Å². The summed E-state index contributed by atoms with van der Waals surface area (Å²) in [5.41, 5.74) is 7.23. The molecule has 1 unspecified atom stereocenters. The van der Waals surface area contributed by atoms with Crippen molar-refractivity contribution in [3.8, 4) is 0 Å². The molecular formula is C13H11Cl2NOS. The van der Waals surface area contributed by atoms with E-state index in [4.69, 9.17) is 28.9 Å². The highest BCUT2D eigenvalue weighted by atomic mass is 35.5. The minimum absolute atomic E-state index is 0.389. The maximum absolute atomic E-state index is 12.2. The van der Waals surface area contributed by atoms with Crippen LogP contribution < -0.4 is 5.73 Å². The molecule has 0 spiro atoms. The van der Waals surface area contributed by atoms with Gasteiger partial charge < -0.3 is 5.73 Å². The van der Waals surface area contributed by atoms with Gasteiger partial charge in [-0.2, -0.15) is 0 Å². The van der Waals surface area contributed by atoms with Crippen LogP contribution in [0.4, 0.5) is 5.69 Å². The molecule has 0 amide bonds. The third-order valence-electron chi connectivity index (χ3n) is 2.42. The molecule has 0 aliphatic carbocycles. The minimum Gasteiger partial charge on any atom is -0.399 e. The highest BCUT2D eigenvalue weighted by molar-refractivity contribution is 7.84. The van der Waals surface area contributed by atoms with Gasteiger partial charge in [-0.15, -0.1) is 0 Å². The van der Waals surface area contributed by atoms with Crippen molar-refractivity contribution in [2.45, 2.75) is 10.6 Å². The molecular weight excluding hydrogens is 289 g/mol. The molecule has 0 aliphatic rings. The fourth-order valence-electron chi connectivity index (χ4n) is 1.49. The lowest BCUT2D eigenvalue weighted by molar-refractivity contribution is 0.682. The average molecular weight is 300 g/mol. The number of hydrogen-bond donors (Lipinski definition) is 1. The molecule has 94 valence electrons. The second kappa shape index (κ2) is 5.74. The lowest BCUT2D eigenvalue weighted by Crippen LogP contribution is -1.98. The fraction of sp³-hybridized carbons (Fsp3) is 0.0769. The summed E-state index contributed by atoms with van der Waals surface area (Å²) in [6.45, 7) is 0. The first-order valence-corrected chi connectivity index (χ1v) is 7.31. The predicted octanol–water partition coefficient (Wildman–Crippen LogP) is 3.88. The van der Waals surface area contributed by atoms with E-state index in [-0.39, 0.29) is 0 Å². The predicted molar refractivity (Wildman–Crippen MR) is 77.4 cm³/mol. The quantitative estimate of drug-likeness (QED) is 0.874. The normalized spacial score (nSPS) is 12.3. The van der Waals surface area contributed by atoms with Gasteiger partial charge in [-0.3, -0.25) is 4.21 Å². The number of anilines is 1. The van der Waals surface area contributed by atoms with E-state index >= 15 is 0 Å². The number of halogens is 2. The molecule has 2 N–H and O–H groups in total. The van der Waals surface area contributed by atoms with E-state index in [9.17, 15) is 4.21 Å². The Morgan fingerprint density at radius 3 is 2.39 bits per heavy atom. The van der Waals surface area contributed by atoms with Crippen molar-refractivity contribution in [2.75, 3.05) is 5.73 Å². The van der Waals surface area contributed by atoms with Crippen LogP contribution in [0.1, 0.15) is 5.56 Å². The van der Waals surface area contributed by atoms with Gasteiger partial charge in [0, 0.05) is 10.7 Å². The van der Waals surface area contributed by atoms with Crippen LogP contribution in [-0.4, -0.2) is 4.21 Å². The molecule has 0 saturated carbocycles. The largest absolute Gasteiger partial charge is 0.399 e. The van der Waals surface area contributed by atoms with Crippen LogP contribution in [0.5, 0.6) is 0 Å². The summed E-state index contributed by atoms with van der Waals surface area (Å²) in [7, 11) is -1.22. The van der Waals surface area contributed by atoms with Gasteiger partial charge in [0.15, 0.2) is 0 Å². The van der Waals surface area contributed by atoms with Crippen molar-refractivity contribution in [3.63, 3.8) is 0 Å². The molecule has 2 aromatic carbocycles. The summed E-state index contributed by atoms with van der Waals surface area (Å²) >= 11 is 11.9. The molecule has 18 heavy (non-hydrogen) atoms. The lowest BCUT2D eigenvalue weighted by atomic mass is 10.2. The van der Waals surface area contributed by atoms with E-state index in [1.54, 1.807) is 30.3 Å². The minimum atomic E-state index is -1.22. The Kier molecular flexibility index (Phi) is 4.27. The monoisotopic (exact) mass is 299 g/mol. The highest BCUT2D eigenvalue weighted by Crippen LogP contribution is 2.25. The maximum Gasteiger partial charge on any atom is 0.0592 e. The Bertz CT molecular complexity index is 584. The molecule has 0 heterocycles. The SMILES string of the molecule is Nc1ccc(CS(=O)c2cc(Cl)ccc2Cl)cc1. The van der Waals surface area contributed by atoms with Crippen molar-refractivity contribution >= 4 is 39.7 Å². The summed E-state index contributed by atoms with van der Waals surface area (Å²) < 4.78 is 12.2. The average Bonchev–Trinajstić information content (AvgIpc) is 2.35. The zero-order valence-corrected chi connectivity index (χ0v) is 11.7. The van der Waals surface area contributed by atoms with Crippen molar-refractivity contribution in [2.24, 2.45) is 0 Å². The molecule has 0 aromatic heterocycles. The first kappa shape index (κ1) is 13.4. The number of nitrogens with two attached hydrogens (primary N) is 1. The van der Waals surface area contributed by atoms with Gasteiger partial charge >= 0.3 is 0 Å². The second-order valence-corrected chi connectivity index (χ2v) is 6.07. The smallest absolute Gasteiger partial charge is 0.0592 e. The van der Waals surface area contributed by atoms with Crippen molar-refractivity contribution in [1.82, 2.24) is 0 Å². The topological polar surface area (TPSA) is 43.1 Å². The maximum atomic E-state index is 12.2. The third-order valence-corrected chi connectivity index (χ3v) is 4.52. The third kappa shape index (κ3) is 3.25. The fourth-order valence-corrected chi connectivity index (χ4v) is 3.30. The molecule has 0 aliphatic heterocycles. The molecule has 2 rings (SSSR count). The molecule has 0 radical (unpaired) electrons. The van der Waals surface area contributed by atoms with Gasteiger partial charge in [-0.25, -0.2) is 0 Å². The Balaban J connectivity index is 2.21. The van der Waals surface area contributed by atoms with Gasteiger partial charge in [-0.05, 0) is 35.9 Å². The molecule has 0 bridgehead atoms. The van der Waals surface area contributed by atoms with Gasteiger partial charge in [0.1, 0.15) is 0 Å². The Hall–Kier alpha value is -1.03. The van der Waals surface area contributed by atoms with Crippen LogP contribution >= 0.6 is 23.2 Å². The van der Waals surface area contributed by atoms with Gasteiger partial charge in [0.25, 0.3) is 0 Å². The summed E-state index contributed by atoms with van der Waals surface area (Å²) in [5, 5.41) is 0.994. The van der Waals surface area contributed by atoms with Gasteiger partial charge in [-0.1, -0.05) is 35.3 Å². The Morgan fingerprint density at radius 2 is 1.72 bits per heavy atom. The zero-order valence-electron chi connectivity index (χ0n) is 9.40. The zero-order chi connectivity index (χ0) is 13.1. The number of hydrogen-bond acceptors (Lipinski definition) is 2. The number of nitrogen functional groups attached to an aromatic ring is 1. The first-order chi connectivity index (χ1) is 8.56. The summed E-state index contributed by atoms with van der Waals surface area (Å²) in [6, 6.07) is 12.2. The molecule has 0 fully saturated rings. The van der Waals surface area contributed by atoms with Gasteiger partial charge in [0.05, 0.1) is 26.5 Å². The molecule has 2 aromatic rings. The highest BCUT2D eigenvalue weighted by Gasteiger charge is 2.10. The molecule has 5 heteroatoms. The number of rotatable bonds is 3. The van der Waals surface area contributed by atoms with Crippen LogP contribution in [0, 0.1) is 0 Å².